The molecule has 0 amide bonds. The Kier molecular flexibility index (Phi) is 4.20. The van der Waals surface area contributed by atoms with E-state index in [0.29, 0.717) is 0 Å². The Balaban J connectivity index is 1.74. The maximum absolute atomic E-state index is 4.62. The summed E-state index contributed by atoms with van der Waals surface area (Å²) in [7, 11) is 1.92. The third-order valence-electron chi connectivity index (χ3n) is 4.86. The Morgan fingerprint density at radius 3 is 2.85 bits per heavy atom. The zero-order valence-electron chi connectivity index (χ0n) is 12.7. The molecule has 1 N–H and O–H groups in total. The summed E-state index contributed by atoms with van der Waals surface area (Å²) in [5, 5.41) is 3.13. The molecule has 2 heterocycles. The zero-order chi connectivity index (χ0) is 13.9. The Bertz CT molecular complexity index is 458. The van der Waals surface area contributed by atoms with Crippen LogP contribution in [0.3, 0.4) is 0 Å². The molecule has 2 fully saturated rings. The monoisotopic (exact) mass is 274 g/mol. The molecule has 0 radical (unpaired) electrons. The molecule has 0 bridgehead atoms. The highest BCUT2D eigenvalue weighted by atomic mass is 15.2. The lowest BCUT2D eigenvalue weighted by Gasteiger charge is -2.43. The van der Waals surface area contributed by atoms with Crippen molar-refractivity contribution in [1.82, 2.24) is 14.9 Å². The first-order chi connectivity index (χ1) is 9.76. The number of aryl methyl sites for hydroxylation is 1. The SMILES string of the molecule is CNc1cc(C)nc(CN2CCC[C@H]3CCCC[C@H]32)n1. The Morgan fingerprint density at radius 1 is 1.20 bits per heavy atom. The number of anilines is 1. The van der Waals surface area contributed by atoms with Gasteiger partial charge in [0.2, 0.25) is 0 Å². The van der Waals surface area contributed by atoms with Gasteiger partial charge in [0.15, 0.2) is 0 Å². The molecule has 2 aliphatic rings. The van der Waals surface area contributed by atoms with Crippen LogP contribution in [-0.4, -0.2) is 34.5 Å². The zero-order valence-corrected chi connectivity index (χ0v) is 12.7. The van der Waals surface area contributed by atoms with Crippen LogP contribution in [0.1, 0.15) is 50.0 Å². The Hall–Kier alpha value is -1.16. The lowest BCUT2D eigenvalue weighted by atomic mass is 9.78. The van der Waals surface area contributed by atoms with Gasteiger partial charge in [0.05, 0.1) is 6.54 Å². The quantitative estimate of drug-likeness (QED) is 0.920. The van der Waals surface area contributed by atoms with E-state index in [0.717, 1.165) is 35.8 Å². The minimum Gasteiger partial charge on any atom is -0.373 e. The average molecular weight is 274 g/mol. The molecule has 1 aromatic heterocycles. The van der Waals surface area contributed by atoms with Gasteiger partial charge in [0.25, 0.3) is 0 Å². The van der Waals surface area contributed by atoms with Gasteiger partial charge in [-0.1, -0.05) is 12.8 Å². The maximum Gasteiger partial charge on any atom is 0.144 e. The second-order valence-corrected chi connectivity index (χ2v) is 6.29. The molecule has 4 heteroatoms. The molecule has 1 aromatic rings. The summed E-state index contributed by atoms with van der Waals surface area (Å²) >= 11 is 0. The number of hydrogen-bond acceptors (Lipinski definition) is 4. The van der Waals surface area contributed by atoms with Crippen molar-refractivity contribution in [2.45, 2.75) is 58.0 Å². The van der Waals surface area contributed by atoms with E-state index in [1.807, 2.05) is 20.0 Å². The summed E-state index contributed by atoms with van der Waals surface area (Å²) in [5.41, 5.74) is 1.05. The molecule has 20 heavy (non-hydrogen) atoms. The number of likely N-dealkylation sites (tertiary alicyclic amines) is 1. The highest BCUT2D eigenvalue weighted by molar-refractivity contribution is 5.34. The van der Waals surface area contributed by atoms with Crippen molar-refractivity contribution >= 4 is 5.82 Å². The smallest absolute Gasteiger partial charge is 0.144 e. The summed E-state index contributed by atoms with van der Waals surface area (Å²) in [6, 6.07) is 2.78. The number of piperidine rings is 1. The van der Waals surface area contributed by atoms with Gasteiger partial charge < -0.3 is 5.32 Å². The highest BCUT2D eigenvalue weighted by Gasteiger charge is 2.33. The molecule has 2 atom stereocenters. The topological polar surface area (TPSA) is 41.1 Å². The van der Waals surface area contributed by atoms with E-state index in [9.17, 15) is 0 Å². The molecule has 1 saturated heterocycles. The number of aromatic nitrogens is 2. The number of nitrogens with zero attached hydrogens (tertiary/aromatic N) is 3. The van der Waals surface area contributed by atoms with Crippen LogP contribution in [0.15, 0.2) is 6.07 Å². The van der Waals surface area contributed by atoms with Gasteiger partial charge in [-0.15, -0.1) is 0 Å². The molecule has 1 aliphatic carbocycles. The number of fused-ring (bicyclic) bond motifs is 1. The normalized spacial score (nSPS) is 27.1. The fourth-order valence-corrected chi connectivity index (χ4v) is 3.93. The minimum absolute atomic E-state index is 0.777. The van der Waals surface area contributed by atoms with E-state index < -0.39 is 0 Å². The molecule has 1 saturated carbocycles. The summed E-state index contributed by atoms with van der Waals surface area (Å²) in [4.78, 5) is 11.9. The van der Waals surface area contributed by atoms with Crippen LogP contribution < -0.4 is 5.32 Å². The van der Waals surface area contributed by atoms with Gasteiger partial charge in [-0.2, -0.15) is 0 Å². The molecular formula is C16H26N4. The molecular weight excluding hydrogens is 248 g/mol. The summed E-state index contributed by atoms with van der Waals surface area (Å²) in [6.45, 7) is 4.18. The fraction of sp³-hybridized carbons (Fsp3) is 0.750. The van der Waals surface area contributed by atoms with Crippen LogP contribution in [-0.2, 0) is 6.54 Å². The maximum atomic E-state index is 4.62. The number of rotatable bonds is 3. The van der Waals surface area contributed by atoms with E-state index >= 15 is 0 Å². The lowest BCUT2D eigenvalue weighted by Crippen LogP contribution is -2.46. The predicted molar refractivity (Wildman–Crippen MR) is 81.7 cm³/mol. The van der Waals surface area contributed by atoms with Crippen molar-refractivity contribution in [3.05, 3.63) is 17.6 Å². The lowest BCUT2D eigenvalue weighted by molar-refractivity contribution is 0.0526. The molecule has 0 aromatic carbocycles. The van der Waals surface area contributed by atoms with Gasteiger partial charge >= 0.3 is 0 Å². The molecule has 3 rings (SSSR count). The van der Waals surface area contributed by atoms with Gasteiger partial charge in [0.1, 0.15) is 11.6 Å². The van der Waals surface area contributed by atoms with E-state index in [4.69, 9.17) is 0 Å². The van der Waals surface area contributed by atoms with Crippen molar-refractivity contribution in [2.75, 3.05) is 18.9 Å². The van der Waals surface area contributed by atoms with Gasteiger partial charge in [0, 0.05) is 24.8 Å². The van der Waals surface area contributed by atoms with Crippen LogP contribution in [0.25, 0.3) is 0 Å². The largest absolute Gasteiger partial charge is 0.373 e. The number of nitrogens with one attached hydrogen (secondary N) is 1. The second kappa shape index (κ2) is 6.08. The first kappa shape index (κ1) is 13.8. The average Bonchev–Trinajstić information content (AvgIpc) is 2.47. The van der Waals surface area contributed by atoms with Gasteiger partial charge in [-0.3, -0.25) is 4.90 Å². The van der Waals surface area contributed by atoms with Crippen LogP contribution in [0.5, 0.6) is 0 Å². The highest BCUT2D eigenvalue weighted by Crippen LogP contribution is 2.35. The van der Waals surface area contributed by atoms with Crippen LogP contribution in [0.2, 0.25) is 0 Å². The van der Waals surface area contributed by atoms with E-state index in [-0.39, 0.29) is 0 Å². The second-order valence-electron chi connectivity index (χ2n) is 6.29. The minimum atomic E-state index is 0.777. The van der Waals surface area contributed by atoms with E-state index in [2.05, 4.69) is 20.2 Å². The van der Waals surface area contributed by atoms with Gasteiger partial charge in [-0.05, 0) is 45.1 Å². The molecule has 0 spiro atoms. The third-order valence-corrected chi connectivity index (χ3v) is 4.86. The van der Waals surface area contributed by atoms with Crippen LogP contribution in [0, 0.1) is 12.8 Å². The number of hydrogen-bond donors (Lipinski definition) is 1. The Morgan fingerprint density at radius 2 is 2.00 bits per heavy atom. The van der Waals surface area contributed by atoms with Crippen molar-refractivity contribution in [3.8, 4) is 0 Å². The van der Waals surface area contributed by atoms with Crippen molar-refractivity contribution < 1.29 is 0 Å². The summed E-state index contributed by atoms with van der Waals surface area (Å²) in [6.07, 6.45) is 8.39. The predicted octanol–water partition coefficient (Wildman–Crippen LogP) is 2.98. The van der Waals surface area contributed by atoms with Crippen LogP contribution >= 0.6 is 0 Å². The van der Waals surface area contributed by atoms with Crippen molar-refractivity contribution in [3.63, 3.8) is 0 Å². The first-order valence-electron chi connectivity index (χ1n) is 8.02. The summed E-state index contributed by atoms with van der Waals surface area (Å²) < 4.78 is 0. The molecule has 110 valence electrons. The van der Waals surface area contributed by atoms with Crippen molar-refractivity contribution in [2.24, 2.45) is 5.92 Å². The molecule has 4 nitrogen and oxygen atoms in total. The van der Waals surface area contributed by atoms with Crippen molar-refractivity contribution in [1.29, 1.82) is 0 Å². The van der Waals surface area contributed by atoms with Crippen LogP contribution in [0.4, 0.5) is 5.82 Å². The van der Waals surface area contributed by atoms with Gasteiger partial charge in [-0.25, -0.2) is 9.97 Å². The molecule has 0 unspecified atom stereocenters. The van der Waals surface area contributed by atoms with E-state index in [1.165, 1.54) is 45.1 Å². The third kappa shape index (κ3) is 2.95. The Labute approximate surface area is 122 Å². The summed E-state index contributed by atoms with van der Waals surface area (Å²) in [5.74, 6) is 2.83. The van der Waals surface area contributed by atoms with E-state index in [1.54, 1.807) is 0 Å². The standard InChI is InChI=1S/C16H26N4/c1-12-10-15(17-2)19-16(18-12)11-20-9-5-7-13-6-3-4-8-14(13)20/h10,13-14H,3-9,11H2,1-2H3,(H,17,18,19)/t13-,14-/m1/s1. The fourth-order valence-electron chi connectivity index (χ4n) is 3.93. The first-order valence-corrected chi connectivity index (χ1v) is 8.02. The molecule has 1 aliphatic heterocycles.